The molecule has 1 saturated heterocycles. The van der Waals surface area contributed by atoms with E-state index in [0.717, 1.165) is 12.0 Å². The summed E-state index contributed by atoms with van der Waals surface area (Å²) in [5, 5.41) is 8.83. The van der Waals surface area contributed by atoms with E-state index in [1.54, 1.807) is 0 Å². The second kappa shape index (κ2) is 3.05. The van der Waals surface area contributed by atoms with Gasteiger partial charge >= 0.3 is 12.1 Å². The van der Waals surface area contributed by atoms with Gasteiger partial charge in [-0.1, -0.05) is 0 Å². The molecule has 1 spiro atoms. The van der Waals surface area contributed by atoms with E-state index in [-0.39, 0.29) is 19.4 Å². The molecule has 2 aliphatic rings. The third-order valence-electron chi connectivity index (χ3n) is 3.36. The van der Waals surface area contributed by atoms with Crippen LogP contribution in [0.1, 0.15) is 12.8 Å². The maximum atomic E-state index is 13.1. The van der Waals surface area contributed by atoms with Crippen molar-refractivity contribution >= 4 is 12.1 Å². The summed E-state index contributed by atoms with van der Waals surface area (Å²) in [5.74, 6) is -3.63. The topological polar surface area (TPSA) is 66.8 Å². The first-order chi connectivity index (χ1) is 7.33. The molecule has 0 aromatic heterocycles. The van der Waals surface area contributed by atoms with Gasteiger partial charge in [0.05, 0.1) is 12.5 Å². The number of esters is 1. The highest BCUT2D eigenvalue weighted by Crippen LogP contribution is 2.66. The number of carboxylic acid groups (broad SMARTS) is 1. The molecular formula is C9H11F2NO4. The largest absolute Gasteiger partial charge is 0.467 e. The van der Waals surface area contributed by atoms with E-state index in [1.807, 2.05) is 0 Å². The predicted octanol–water partition coefficient (Wildman–Crippen LogP) is 0.937. The SMILES string of the molecule is COC(=O)[C@@H]1C[C@]2(CN1C(=O)O)CC2(F)F. The lowest BCUT2D eigenvalue weighted by Gasteiger charge is -2.18. The van der Waals surface area contributed by atoms with Gasteiger partial charge in [-0.25, -0.2) is 18.4 Å². The predicted molar refractivity (Wildman–Crippen MR) is 47.1 cm³/mol. The van der Waals surface area contributed by atoms with Crippen molar-refractivity contribution in [1.29, 1.82) is 0 Å². The van der Waals surface area contributed by atoms with Gasteiger partial charge in [-0.3, -0.25) is 4.90 Å². The Bertz CT molecular complexity index is 359. The fourth-order valence-electron chi connectivity index (χ4n) is 2.30. The molecule has 7 heteroatoms. The Kier molecular flexibility index (Phi) is 2.12. The minimum atomic E-state index is -2.86. The summed E-state index contributed by atoms with van der Waals surface area (Å²) in [6, 6.07) is -1.10. The fourth-order valence-corrected chi connectivity index (χ4v) is 2.30. The summed E-state index contributed by atoms with van der Waals surface area (Å²) in [6.07, 6.45) is -1.87. The van der Waals surface area contributed by atoms with E-state index in [9.17, 15) is 18.4 Å². The number of rotatable bonds is 1. The molecule has 2 rings (SSSR count). The van der Waals surface area contributed by atoms with Crippen molar-refractivity contribution < 1.29 is 28.2 Å². The fraction of sp³-hybridized carbons (Fsp3) is 0.778. The minimum absolute atomic E-state index is 0.154. The van der Waals surface area contributed by atoms with Crippen LogP contribution in [-0.2, 0) is 9.53 Å². The number of carbonyl (C=O) groups excluding carboxylic acids is 1. The number of ether oxygens (including phenoxy) is 1. The molecule has 0 radical (unpaired) electrons. The van der Waals surface area contributed by atoms with Gasteiger partial charge in [0.2, 0.25) is 0 Å². The molecule has 1 amide bonds. The van der Waals surface area contributed by atoms with Gasteiger partial charge in [0, 0.05) is 13.0 Å². The minimum Gasteiger partial charge on any atom is -0.467 e. The molecule has 16 heavy (non-hydrogen) atoms. The first kappa shape index (κ1) is 11.1. The average Bonchev–Trinajstić information content (AvgIpc) is 2.59. The normalized spacial score (nSPS) is 35.2. The van der Waals surface area contributed by atoms with E-state index in [2.05, 4.69) is 4.74 Å². The zero-order valence-corrected chi connectivity index (χ0v) is 8.57. The number of nitrogens with zero attached hydrogens (tertiary/aromatic N) is 1. The van der Waals surface area contributed by atoms with E-state index < -0.39 is 29.4 Å². The Morgan fingerprint density at radius 2 is 2.06 bits per heavy atom. The van der Waals surface area contributed by atoms with Crippen LogP contribution >= 0.6 is 0 Å². The highest BCUT2D eigenvalue weighted by Gasteiger charge is 2.75. The van der Waals surface area contributed by atoms with Crippen LogP contribution < -0.4 is 0 Å². The number of carbonyl (C=O) groups is 2. The molecule has 1 aliphatic heterocycles. The maximum Gasteiger partial charge on any atom is 0.408 e. The number of alkyl halides is 2. The monoisotopic (exact) mass is 235 g/mol. The summed E-state index contributed by atoms with van der Waals surface area (Å²) >= 11 is 0. The zero-order valence-electron chi connectivity index (χ0n) is 8.57. The lowest BCUT2D eigenvalue weighted by atomic mass is 10.0. The van der Waals surface area contributed by atoms with Crippen LogP contribution in [0, 0.1) is 5.41 Å². The van der Waals surface area contributed by atoms with Crippen LogP contribution in [0.5, 0.6) is 0 Å². The van der Waals surface area contributed by atoms with E-state index in [1.165, 1.54) is 0 Å². The Morgan fingerprint density at radius 1 is 1.50 bits per heavy atom. The molecule has 1 saturated carbocycles. The number of halogens is 2. The lowest BCUT2D eigenvalue weighted by molar-refractivity contribution is -0.145. The van der Waals surface area contributed by atoms with E-state index in [4.69, 9.17) is 5.11 Å². The van der Waals surface area contributed by atoms with Crippen molar-refractivity contribution in [2.24, 2.45) is 5.41 Å². The number of amides is 1. The third-order valence-corrected chi connectivity index (χ3v) is 3.36. The number of likely N-dealkylation sites (tertiary alicyclic amines) is 1. The van der Waals surface area contributed by atoms with Crippen LogP contribution in [0.15, 0.2) is 0 Å². The molecule has 2 atom stereocenters. The third kappa shape index (κ3) is 1.34. The molecular weight excluding hydrogens is 224 g/mol. The lowest BCUT2D eigenvalue weighted by Crippen LogP contribution is -2.40. The summed E-state index contributed by atoms with van der Waals surface area (Å²) in [6.45, 7) is -0.297. The molecule has 1 heterocycles. The van der Waals surface area contributed by atoms with E-state index >= 15 is 0 Å². The van der Waals surface area contributed by atoms with Crippen LogP contribution in [0.2, 0.25) is 0 Å². The highest BCUT2D eigenvalue weighted by molar-refractivity contribution is 5.82. The second-order valence-corrected chi connectivity index (χ2v) is 4.32. The first-order valence-corrected chi connectivity index (χ1v) is 4.78. The Hall–Kier alpha value is -1.40. The molecule has 90 valence electrons. The zero-order chi connectivity index (χ0) is 12.1. The van der Waals surface area contributed by atoms with Crippen molar-refractivity contribution in [1.82, 2.24) is 4.90 Å². The summed E-state index contributed by atoms with van der Waals surface area (Å²) < 4.78 is 30.6. The smallest absolute Gasteiger partial charge is 0.408 e. The van der Waals surface area contributed by atoms with Gasteiger partial charge in [-0.05, 0) is 6.42 Å². The van der Waals surface area contributed by atoms with Gasteiger partial charge in [-0.2, -0.15) is 0 Å². The summed E-state index contributed by atoms with van der Waals surface area (Å²) in [5.41, 5.74) is -1.34. The Balaban J connectivity index is 2.20. The van der Waals surface area contributed by atoms with Gasteiger partial charge in [0.1, 0.15) is 6.04 Å². The van der Waals surface area contributed by atoms with Crippen LogP contribution in [0.25, 0.3) is 0 Å². The molecule has 0 aromatic carbocycles. The quantitative estimate of drug-likeness (QED) is 0.687. The molecule has 1 aliphatic carbocycles. The Morgan fingerprint density at radius 3 is 2.44 bits per heavy atom. The standard InChI is InChI=1S/C9H11F2NO4/c1-16-6(13)5-2-8(3-9(8,10)11)4-12(5)7(14)15/h5H,2-4H2,1H3,(H,14,15)/t5-,8+/m0/s1. The van der Waals surface area contributed by atoms with Crippen LogP contribution in [0.3, 0.4) is 0 Å². The van der Waals surface area contributed by atoms with Crippen LogP contribution in [-0.4, -0.2) is 47.7 Å². The molecule has 2 fully saturated rings. The van der Waals surface area contributed by atoms with E-state index in [0.29, 0.717) is 0 Å². The average molecular weight is 235 g/mol. The van der Waals surface area contributed by atoms with Crippen molar-refractivity contribution in [2.75, 3.05) is 13.7 Å². The van der Waals surface area contributed by atoms with Crippen molar-refractivity contribution in [3.63, 3.8) is 0 Å². The first-order valence-electron chi connectivity index (χ1n) is 4.78. The number of hydrogen-bond donors (Lipinski definition) is 1. The Labute approximate surface area is 90.0 Å². The molecule has 5 nitrogen and oxygen atoms in total. The highest BCUT2D eigenvalue weighted by atomic mass is 19.3. The maximum absolute atomic E-state index is 13.1. The van der Waals surface area contributed by atoms with Crippen molar-refractivity contribution in [3.8, 4) is 0 Å². The van der Waals surface area contributed by atoms with Crippen molar-refractivity contribution in [2.45, 2.75) is 24.8 Å². The van der Waals surface area contributed by atoms with Gasteiger partial charge in [0.15, 0.2) is 0 Å². The second-order valence-electron chi connectivity index (χ2n) is 4.32. The molecule has 1 N–H and O–H groups in total. The van der Waals surface area contributed by atoms with Gasteiger partial charge in [0.25, 0.3) is 5.92 Å². The number of hydrogen-bond acceptors (Lipinski definition) is 3. The molecule has 0 bridgehead atoms. The molecule has 0 unspecified atom stereocenters. The molecule has 0 aromatic rings. The number of methoxy groups -OCH3 is 1. The van der Waals surface area contributed by atoms with Gasteiger partial charge in [-0.15, -0.1) is 0 Å². The summed E-state index contributed by atoms with van der Waals surface area (Å²) in [7, 11) is 1.11. The van der Waals surface area contributed by atoms with Gasteiger partial charge < -0.3 is 9.84 Å². The summed E-state index contributed by atoms with van der Waals surface area (Å²) in [4.78, 5) is 22.9. The van der Waals surface area contributed by atoms with Crippen LogP contribution in [0.4, 0.5) is 13.6 Å². The van der Waals surface area contributed by atoms with Crippen molar-refractivity contribution in [3.05, 3.63) is 0 Å².